The second-order valence-electron chi connectivity index (χ2n) is 5.01. The number of thioether (sulfide) groups is 1. The zero-order valence-electron chi connectivity index (χ0n) is 10.7. The van der Waals surface area contributed by atoms with Crippen LogP contribution in [-0.2, 0) is 4.87 Å². The lowest BCUT2D eigenvalue weighted by molar-refractivity contribution is 0.0752. The Morgan fingerprint density at radius 1 is 1.15 bits per heavy atom. The van der Waals surface area contributed by atoms with E-state index in [0.717, 1.165) is 22.4 Å². The van der Waals surface area contributed by atoms with Gasteiger partial charge in [-0.05, 0) is 23.8 Å². The predicted octanol–water partition coefficient (Wildman–Crippen LogP) is 3.23. The molecule has 1 fully saturated rings. The topological polar surface area (TPSA) is 20.3 Å². The minimum absolute atomic E-state index is 0.0508. The SMILES string of the molecule is O=C1c2ccccc2C2(c3cccc(F)c3)SCCN12. The van der Waals surface area contributed by atoms with Crippen LogP contribution < -0.4 is 0 Å². The highest BCUT2D eigenvalue weighted by Crippen LogP contribution is 2.55. The Morgan fingerprint density at radius 3 is 2.85 bits per heavy atom. The number of fused-ring (bicyclic) bond motifs is 3. The van der Waals surface area contributed by atoms with Gasteiger partial charge in [-0.25, -0.2) is 4.39 Å². The standard InChI is InChI=1S/C16H12FNOS/c17-12-5-3-4-11(10-12)16-14-7-2-1-6-13(14)15(19)18(16)8-9-20-16/h1-7,10H,8-9H2. The van der Waals surface area contributed by atoms with Crippen molar-refractivity contribution in [3.8, 4) is 0 Å². The lowest BCUT2D eigenvalue weighted by atomic mass is 9.97. The molecule has 0 radical (unpaired) electrons. The third-order valence-corrected chi connectivity index (χ3v) is 5.47. The largest absolute Gasteiger partial charge is 0.315 e. The summed E-state index contributed by atoms with van der Waals surface area (Å²) in [5, 5.41) is 0. The molecule has 0 bridgehead atoms. The molecule has 2 aromatic rings. The van der Waals surface area contributed by atoms with Gasteiger partial charge in [-0.3, -0.25) is 4.79 Å². The second-order valence-corrected chi connectivity index (χ2v) is 6.29. The number of amides is 1. The molecule has 2 aliphatic heterocycles. The van der Waals surface area contributed by atoms with Crippen LogP contribution in [0.5, 0.6) is 0 Å². The molecule has 2 heterocycles. The van der Waals surface area contributed by atoms with E-state index in [2.05, 4.69) is 0 Å². The number of carbonyl (C=O) groups is 1. The number of benzene rings is 2. The van der Waals surface area contributed by atoms with E-state index in [9.17, 15) is 9.18 Å². The van der Waals surface area contributed by atoms with Crippen molar-refractivity contribution in [3.05, 3.63) is 71.0 Å². The number of halogens is 1. The first kappa shape index (κ1) is 12.0. The van der Waals surface area contributed by atoms with Gasteiger partial charge in [0.25, 0.3) is 5.91 Å². The molecule has 100 valence electrons. The summed E-state index contributed by atoms with van der Waals surface area (Å²) in [4.78, 5) is 13.9. The average Bonchev–Trinajstić information content (AvgIpc) is 3.00. The molecule has 1 unspecified atom stereocenters. The number of hydrogen-bond acceptors (Lipinski definition) is 2. The van der Waals surface area contributed by atoms with Gasteiger partial charge >= 0.3 is 0 Å². The molecule has 0 saturated carbocycles. The Labute approximate surface area is 120 Å². The van der Waals surface area contributed by atoms with Crippen LogP contribution in [0, 0.1) is 5.82 Å². The van der Waals surface area contributed by atoms with Gasteiger partial charge in [0.05, 0.1) is 0 Å². The van der Waals surface area contributed by atoms with Gasteiger partial charge in [0.15, 0.2) is 0 Å². The van der Waals surface area contributed by atoms with E-state index in [4.69, 9.17) is 0 Å². The molecule has 2 aliphatic rings. The molecular weight excluding hydrogens is 273 g/mol. The summed E-state index contributed by atoms with van der Waals surface area (Å²) < 4.78 is 13.6. The molecule has 4 rings (SSSR count). The third-order valence-electron chi connectivity index (χ3n) is 3.99. The Hall–Kier alpha value is -1.81. The van der Waals surface area contributed by atoms with Crippen molar-refractivity contribution in [2.24, 2.45) is 0 Å². The van der Waals surface area contributed by atoms with Crippen molar-refractivity contribution in [1.29, 1.82) is 0 Å². The fourth-order valence-electron chi connectivity index (χ4n) is 3.19. The highest BCUT2D eigenvalue weighted by Gasteiger charge is 2.54. The van der Waals surface area contributed by atoms with Crippen LogP contribution >= 0.6 is 11.8 Å². The van der Waals surface area contributed by atoms with Gasteiger partial charge in [-0.1, -0.05) is 30.3 Å². The summed E-state index contributed by atoms with van der Waals surface area (Å²) >= 11 is 1.71. The normalized spacial score (nSPS) is 23.9. The summed E-state index contributed by atoms with van der Waals surface area (Å²) in [6, 6.07) is 14.3. The van der Waals surface area contributed by atoms with Gasteiger partial charge in [0, 0.05) is 23.4 Å². The maximum atomic E-state index is 13.6. The van der Waals surface area contributed by atoms with Gasteiger partial charge in [0.1, 0.15) is 10.7 Å². The highest BCUT2D eigenvalue weighted by atomic mass is 32.2. The lowest BCUT2D eigenvalue weighted by Crippen LogP contribution is -2.37. The average molecular weight is 285 g/mol. The number of hydrogen-bond donors (Lipinski definition) is 0. The fraction of sp³-hybridized carbons (Fsp3) is 0.188. The maximum Gasteiger partial charge on any atom is 0.255 e. The Bertz CT molecular complexity index is 717. The molecule has 20 heavy (non-hydrogen) atoms. The van der Waals surface area contributed by atoms with Crippen molar-refractivity contribution < 1.29 is 9.18 Å². The Morgan fingerprint density at radius 2 is 2.00 bits per heavy atom. The molecule has 4 heteroatoms. The lowest BCUT2D eigenvalue weighted by Gasteiger charge is -2.32. The minimum Gasteiger partial charge on any atom is -0.315 e. The van der Waals surface area contributed by atoms with Crippen LogP contribution in [-0.4, -0.2) is 23.1 Å². The molecule has 0 N–H and O–H groups in total. The molecule has 0 spiro atoms. The summed E-state index contributed by atoms with van der Waals surface area (Å²) in [5.74, 6) is 0.660. The fourth-order valence-corrected chi connectivity index (χ4v) is 4.72. The summed E-state index contributed by atoms with van der Waals surface area (Å²) in [5.41, 5.74) is 2.57. The summed E-state index contributed by atoms with van der Waals surface area (Å²) in [7, 11) is 0. The Kier molecular flexibility index (Phi) is 2.45. The van der Waals surface area contributed by atoms with E-state index in [1.807, 2.05) is 35.2 Å². The van der Waals surface area contributed by atoms with Crippen molar-refractivity contribution in [3.63, 3.8) is 0 Å². The summed E-state index contributed by atoms with van der Waals surface area (Å²) in [6.07, 6.45) is 0. The van der Waals surface area contributed by atoms with Crippen molar-refractivity contribution >= 4 is 17.7 Å². The van der Waals surface area contributed by atoms with Crippen LogP contribution in [0.3, 0.4) is 0 Å². The van der Waals surface area contributed by atoms with Gasteiger partial charge in [-0.15, -0.1) is 11.8 Å². The van der Waals surface area contributed by atoms with Gasteiger partial charge < -0.3 is 4.90 Å². The van der Waals surface area contributed by atoms with Crippen molar-refractivity contribution in [2.75, 3.05) is 12.3 Å². The van der Waals surface area contributed by atoms with Crippen molar-refractivity contribution in [2.45, 2.75) is 4.87 Å². The van der Waals surface area contributed by atoms with Crippen LogP contribution in [0.1, 0.15) is 21.5 Å². The highest BCUT2D eigenvalue weighted by molar-refractivity contribution is 8.00. The predicted molar refractivity (Wildman–Crippen MR) is 77.1 cm³/mol. The third kappa shape index (κ3) is 1.37. The first-order valence-corrected chi connectivity index (χ1v) is 7.53. The zero-order valence-corrected chi connectivity index (χ0v) is 11.5. The molecule has 2 aromatic carbocycles. The first-order chi connectivity index (χ1) is 9.73. The molecule has 0 aromatic heterocycles. The zero-order chi connectivity index (χ0) is 13.7. The number of rotatable bonds is 1. The molecule has 1 saturated heterocycles. The van der Waals surface area contributed by atoms with E-state index in [0.29, 0.717) is 6.54 Å². The Balaban J connectivity index is 2.01. The van der Waals surface area contributed by atoms with Crippen LogP contribution in [0.15, 0.2) is 48.5 Å². The minimum atomic E-state index is -0.546. The second kappa shape index (κ2) is 4.09. The van der Waals surface area contributed by atoms with E-state index in [1.165, 1.54) is 6.07 Å². The van der Waals surface area contributed by atoms with E-state index in [-0.39, 0.29) is 11.7 Å². The smallest absolute Gasteiger partial charge is 0.255 e. The monoisotopic (exact) mass is 285 g/mol. The van der Waals surface area contributed by atoms with Gasteiger partial charge in [0.2, 0.25) is 0 Å². The molecular formula is C16H12FNOS. The quantitative estimate of drug-likeness (QED) is 0.802. The van der Waals surface area contributed by atoms with Crippen LogP contribution in [0.4, 0.5) is 4.39 Å². The first-order valence-electron chi connectivity index (χ1n) is 6.55. The molecule has 1 amide bonds. The van der Waals surface area contributed by atoms with Gasteiger partial charge in [-0.2, -0.15) is 0 Å². The number of nitrogens with zero attached hydrogens (tertiary/aromatic N) is 1. The van der Waals surface area contributed by atoms with E-state index >= 15 is 0 Å². The summed E-state index contributed by atoms with van der Waals surface area (Å²) in [6.45, 7) is 0.703. The van der Waals surface area contributed by atoms with Crippen molar-refractivity contribution in [1.82, 2.24) is 4.90 Å². The van der Waals surface area contributed by atoms with Crippen LogP contribution in [0.25, 0.3) is 0 Å². The number of carbonyl (C=O) groups excluding carboxylic acids is 1. The molecule has 1 atom stereocenters. The molecule has 0 aliphatic carbocycles. The maximum absolute atomic E-state index is 13.6. The molecule has 2 nitrogen and oxygen atoms in total. The van der Waals surface area contributed by atoms with Crippen LogP contribution in [0.2, 0.25) is 0 Å². The van der Waals surface area contributed by atoms with E-state index < -0.39 is 4.87 Å². The van der Waals surface area contributed by atoms with E-state index in [1.54, 1.807) is 23.9 Å².